The van der Waals surface area contributed by atoms with E-state index in [1.165, 1.54) is 5.56 Å². The van der Waals surface area contributed by atoms with Crippen LogP contribution in [-0.4, -0.2) is 34.6 Å². The summed E-state index contributed by atoms with van der Waals surface area (Å²) in [5, 5.41) is 0.224. The molecule has 59 heavy (non-hydrogen) atoms. The predicted octanol–water partition coefficient (Wildman–Crippen LogP) is 15.3. The van der Waals surface area contributed by atoms with Crippen LogP contribution in [0.3, 0.4) is 0 Å². The number of benzene rings is 4. The molecule has 1 aliphatic heterocycles. The van der Waals surface area contributed by atoms with Gasteiger partial charge in [0.15, 0.2) is 0 Å². The van der Waals surface area contributed by atoms with Crippen LogP contribution in [0.2, 0.25) is 5.02 Å². The van der Waals surface area contributed by atoms with Crippen LogP contribution >= 0.6 is 31.8 Å². The fraction of sp³-hybridized carbons (Fsp3) is 0.400. The van der Waals surface area contributed by atoms with Gasteiger partial charge in [0.25, 0.3) is 0 Å². The first-order chi connectivity index (χ1) is 27.5. The van der Waals surface area contributed by atoms with Crippen LogP contribution < -0.4 is 0 Å². The van der Waals surface area contributed by atoms with Crippen molar-refractivity contribution in [3.05, 3.63) is 134 Å². The summed E-state index contributed by atoms with van der Waals surface area (Å²) in [5.41, 5.74) is 5.52. The van der Waals surface area contributed by atoms with Crippen molar-refractivity contribution in [3.63, 3.8) is 0 Å². The van der Waals surface area contributed by atoms with Crippen LogP contribution in [0.4, 0.5) is 37.7 Å². The molecular weight excluding hydrogens is 873 g/mol. The van der Waals surface area contributed by atoms with E-state index in [0.717, 1.165) is 51.2 Å². The predicted molar refractivity (Wildman–Crippen MR) is 228 cm³/mol. The molecule has 1 fully saturated rings. The maximum absolute atomic E-state index is 14.3. The van der Waals surface area contributed by atoms with Crippen molar-refractivity contribution in [2.45, 2.75) is 106 Å². The molecule has 4 aromatic carbocycles. The standard InChI is InChI=1S/C45H50ClF6N4.2ClH.Fe/c1-25(2)32-19-29(8)39(30(9)20-32)43(54-41-36(26(3)4)13-11-14-37(41)27(5)6)56-16-12-15-55(24-56)42(53-40-31(10)17-28(7)18-38(40)46)33-21-34(44(47,48)49)23-35(22-33)45(50,51)52;;;/h11,13-14,17-27H,12,15-16H2,1-10H3;2*1H;/q-1;;;+3/p-2. The molecule has 4 nitrogen and oxygen atoms in total. The van der Waals surface area contributed by atoms with Crippen molar-refractivity contribution in [2.24, 2.45) is 9.98 Å². The van der Waals surface area contributed by atoms with Gasteiger partial charge < -0.3 is 9.80 Å². The van der Waals surface area contributed by atoms with E-state index >= 15 is 0 Å². The number of hydrogen-bond donors (Lipinski definition) is 0. The Bertz CT molecular complexity index is 2080. The summed E-state index contributed by atoms with van der Waals surface area (Å²) in [5.74, 6) is 1.09. The van der Waals surface area contributed by atoms with Gasteiger partial charge in [-0.1, -0.05) is 89.5 Å². The van der Waals surface area contributed by atoms with Crippen molar-refractivity contribution in [2.75, 3.05) is 13.1 Å². The zero-order chi connectivity index (χ0) is 44.1. The second kappa shape index (κ2) is 20.1. The zero-order valence-electron chi connectivity index (χ0n) is 34.7. The van der Waals surface area contributed by atoms with Gasteiger partial charge in [0, 0.05) is 11.1 Å². The van der Waals surface area contributed by atoms with Gasteiger partial charge in [-0.05, 0) is 128 Å². The number of nitrogens with zero attached hydrogens (tertiary/aromatic N) is 4. The summed E-state index contributed by atoms with van der Waals surface area (Å²) in [7, 11) is 9.53. The van der Waals surface area contributed by atoms with Crippen molar-refractivity contribution < 1.29 is 39.5 Å². The molecule has 0 amide bonds. The van der Waals surface area contributed by atoms with E-state index < -0.39 is 23.5 Å². The second-order valence-electron chi connectivity index (χ2n) is 15.8. The molecule has 14 heteroatoms. The molecule has 1 saturated heterocycles. The van der Waals surface area contributed by atoms with Crippen LogP contribution in [-0.2, 0) is 25.5 Å². The van der Waals surface area contributed by atoms with Gasteiger partial charge in [-0.25, -0.2) is 9.98 Å². The fourth-order valence-corrected chi connectivity index (χ4v) is 7.61. The molecule has 1 heterocycles. The van der Waals surface area contributed by atoms with Gasteiger partial charge in [-0.3, -0.25) is 0 Å². The van der Waals surface area contributed by atoms with Crippen LogP contribution in [0.5, 0.6) is 0 Å². The number of aryl methyl sites for hydroxylation is 4. The van der Waals surface area contributed by atoms with E-state index in [1.807, 2.05) is 37.8 Å². The molecule has 0 saturated carbocycles. The number of halogens is 9. The van der Waals surface area contributed by atoms with E-state index in [2.05, 4.69) is 65.8 Å². The SMILES string of the molecule is Cc1cc(C)c(N=C(c2cc(C(F)(F)F)cc(C(F)(F)F)c2)N2[CH-]N(C(=Nc3c(C(C)C)cccc3C(C)C)c3c(C)cc(C(C)C)cc3C)CCC2)c(Cl)c1.[Cl][Fe+][Cl]. The van der Waals surface area contributed by atoms with Crippen molar-refractivity contribution in [1.82, 2.24) is 9.80 Å². The topological polar surface area (TPSA) is 31.2 Å². The average Bonchev–Trinajstić information content (AvgIpc) is 3.13. The first-order valence-electron chi connectivity index (χ1n) is 19.2. The normalized spacial score (nSPS) is 14.4. The third-order valence-corrected chi connectivity index (χ3v) is 10.4. The third-order valence-electron chi connectivity index (χ3n) is 10.1. The quantitative estimate of drug-likeness (QED) is 0.0608. The zero-order valence-corrected chi connectivity index (χ0v) is 38.1. The van der Waals surface area contributed by atoms with Gasteiger partial charge in [0.05, 0.1) is 27.5 Å². The Kier molecular flexibility index (Phi) is 16.5. The average molecular weight is 923 g/mol. The maximum atomic E-state index is 14.3. The molecule has 0 radical (unpaired) electrons. The molecule has 5 rings (SSSR count). The minimum atomic E-state index is -5.05. The summed E-state index contributed by atoms with van der Waals surface area (Å²) >= 11 is 6.88. The van der Waals surface area contributed by atoms with E-state index in [9.17, 15) is 26.3 Å². The Balaban J connectivity index is 0.00000248. The Morgan fingerprint density at radius 2 is 1.14 bits per heavy atom. The molecule has 4 aromatic rings. The second-order valence-corrected chi connectivity index (χ2v) is 18.0. The van der Waals surface area contributed by atoms with Crippen LogP contribution in [0.15, 0.2) is 70.6 Å². The number of para-hydroxylation sites is 1. The molecule has 0 atom stereocenters. The third kappa shape index (κ3) is 12.0. The molecule has 1 aliphatic rings. The van der Waals surface area contributed by atoms with E-state index in [-0.39, 0.29) is 65.6 Å². The molecule has 0 unspecified atom stereocenters. The van der Waals surface area contributed by atoms with Gasteiger partial charge in [0.1, 0.15) is 11.7 Å². The fourth-order valence-electron chi connectivity index (χ4n) is 7.24. The van der Waals surface area contributed by atoms with Crippen LogP contribution in [0.1, 0.15) is 127 Å². The van der Waals surface area contributed by atoms with E-state index in [0.29, 0.717) is 24.4 Å². The van der Waals surface area contributed by atoms with Gasteiger partial charge >= 0.3 is 45.7 Å². The van der Waals surface area contributed by atoms with Gasteiger partial charge in [-0.15, -0.1) is 0 Å². The summed E-state index contributed by atoms with van der Waals surface area (Å²) in [6.07, 6.45) is -9.61. The molecule has 0 bridgehead atoms. The first-order valence-corrected chi connectivity index (χ1v) is 22.6. The van der Waals surface area contributed by atoms with Crippen molar-refractivity contribution in [3.8, 4) is 0 Å². The number of amidine groups is 2. The number of rotatable bonds is 7. The molecule has 321 valence electrons. The van der Waals surface area contributed by atoms with Crippen LogP contribution in [0, 0.1) is 34.4 Å². The summed E-state index contributed by atoms with van der Waals surface area (Å²) in [4.78, 5) is 13.9. The van der Waals surface area contributed by atoms with Crippen molar-refractivity contribution in [1.29, 1.82) is 0 Å². The number of aliphatic imine (C=N–C) groups is 2. The van der Waals surface area contributed by atoms with E-state index in [1.54, 1.807) is 24.6 Å². The summed E-state index contributed by atoms with van der Waals surface area (Å²) in [6, 6.07) is 15.6. The minimum absolute atomic E-state index is 0.103. The molecule has 0 spiro atoms. The van der Waals surface area contributed by atoms with Gasteiger partial charge in [0.2, 0.25) is 0 Å². The van der Waals surface area contributed by atoms with Gasteiger partial charge in [-0.2, -0.15) is 33.0 Å². The number of hydrogen-bond acceptors (Lipinski definition) is 2. The number of alkyl halides is 6. The van der Waals surface area contributed by atoms with Crippen molar-refractivity contribution >= 4 is 54.8 Å². The Hall–Kier alpha value is -3.21. The first kappa shape index (κ1) is 48.5. The Morgan fingerprint density at radius 3 is 1.58 bits per heavy atom. The monoisotopic (exact) mass is 921 g/mol. The summed E-state index contributed by atoms with van der Waals surface area (Å²) < 4.78 is 85.6. The van der Waals surface area contributed by atoms with E-state index in [4.69, 9.17) is 41.8 Å². The molecule has 0 N–H and O–H groups in total. The molecule has 0 aromatic heterocycles. The molecule has 0 aliphatic carbocycles. The summed E-state index contributed by atoms with van der Waals surface area (Å²) in [6.45, 7) is 22.9. The van der Waals surface area contributed by atoms with Crippen LogP contribution in [0.25, 0.3) is 0 Å². The molecular formula is C45H50Cl3F6FeN4. The Morgan fingerprint density at radius 1 is 0.661 bits per heavy atom. The Labute approximate surface area is 364 Å².